The second-order valence-electron chi connectivity index (χ2n) is 32.4. The van der Waals surface area contributed by atoms with E-state index in [1.54, 1.807) is 0 Å². The average molecular weight is 1840 g/mol. The lowest BCUT2D eigenvalue weighted by Crippen LogP contribution is -1.96. The lowest BCUT2D eigenvalue weighted by atomic mass is 9.92. The van der Waals surface area contributed by atoms with Crippen LogP contribution in [0, 0.1) is 0 Å². The largest absolute Gasteiger partial charge is 0.341 e. The predicted molar refractivity (Wildman–Crippen MR) is 632 cm³/mol. The zero-order chi connectivity index (χ0) is 101. The van der Waals surface area contributed by atoms with Gasteiger partial charge in [-0.25, -0.2) is 0 Å². The average Bonchev–Trinajstić information content (AvgIpc) is 1.57. The van der Waals surface area contributed by atoms with Gasteiger partial charge in [-0.15, -0.1) is 0 Å². The number of aromatic nitrogens is 4. The molecular formula is C136H154N4. The maximum atomic E-state index is 2.55. The van der Waals surface area contributed by atoms with E-state index in [-0.39, 0.29) is 0 Å². The van der Waals surface area contributed by atoms with Crippen molar-refractivity contribution < 1.29 is 0 Å². The Hall–Kier alpha value is -13.8. The van der Waals surface area contributed by atoms with E-state index in [0.717, 1.165) is 51.9 Å². The molecule has 23 aromatic rings. The Morgan fingerprint density at radius 1 is 0.164 bits per heavy atom. The molecule has 0 atom stereocenters. The van der Waals surface area contributed by atoms with E-state index >= 15 is 0 Å². The third-order valence-electron chi connectivity index (χ3n) is 26.9. The Kier molecular flexibility index (Phi) is 36.9. The van der Waals surface area contributed by atoms with Crippen LogP contribution in [0.1, 0.15) is 238 Å². The molecule has 0 fully saturated rings. The normalized spacial score (nSPS) is 11.1. The predicted octanol–water partition coefficient (Wildman–Crippen LogP) is 41.9. The number of aryl methyl sites for hydroxylation is 4. The van der Waals surface area contributed by atoms with Crippen molar-refractivity contribution in [2.75, 3.05) is 0 Å². The summed E-state index contributed by atoms with van der Waals surface area (Å²) in [7, 11) is 0. The van der Waals surface area contributed by atoms with Gasteiger partial charge in [0.25, 0.3) is 0 Å². The quantitative estimate of drug-likeness (QED) is 0.167. The van der Waals surface area contributed by atoms with Gasteiger partial charge in [0.15, 0.2) is 0 Å². The summed E-state index contributed by atoms with van der Waals surface area (Å²) >= 11 is 0. The Bertz CT molecular complexity index is 8080. The molecule has 27 rings (SSSR count). The summed E-state index contributed by atoms with van der Waals surface area (Å²) in [4.78, 5) is 0. The maximum absolute atomic E-state index is 2.55. The Balaban J connectivity index is 0.000000156. The van der Waals surface area contributed by atoms with E-state index in [1.165, 1.54) is 252 Å². The van der Waals surface area contributed by atoms with Crippen molar-refractivity contribution in [3.8, 4) is 44.5 Å². The lowest BCUT2D eigenvalue weighted by Gasteiger charge is -2.12. The molecule has 718 valence electrons. The smallest absolute Gasteiger partial charge is 0.0574 e. The van der Waals surface area contributed by atoms with Gasteiger partial charge < -0.3 is 18.3 Å². The minimum Gasteiger partial charge on any atom is -0.341 e. The lowest BCUT2D eigenvalue weighted by molar-refractivity contribution is 0.827. The molecule has 0 aliphatic heterocycles. The van der Waals surface area contributed by atoms with Crippen LogP contribution in [-0.2, 0) is 51.9 Å². The fraction of sp³-hybridized carbons (Fsp3) is 0.265. The molecule has 0 saturated heterocycles. The standard InChI is InChI=1S/3C29H21N.C25H19N.12C2H6/c1-2-30-28-21-12-6-3-9-18(21)15-16-24(28)27-25-17-19-10-4-5-11-20(19)26(25)22-13-7-8-14-23(22)29(27)30;1-2-30-25-16-15-18-9-3-5-11-20(18)27(25)28-24-17-19-10-4-6-12-21(19)26(24)22-13-7-8-14-23(22)29(28)30;1-2-30-26-17-19-10-4-3-9-18(19)15-24(26)28-25-16-20-11-5-6-12-21(20)27(25)22-13-7-8-14-23(22)29(28)30;1-2-26-22-10-6-5-9-20(22)25-21-15-17-12-11-16-7-3-4-8-18(16)24(17)19(21)13-14-23(25)26;12*1-2/h2*3-16H,2,17H2,1H3;3-15,17H,2,16H2,1H3;3-14H,2,15H2,1H3;12*1-2H3. The number of rotatable bonds is 4. The van der Waals surface area contributed by atoms with Crippen LogP contribution in [0.4, 0.5) is 0 Å². The first-order valence-corrected chi connectivity index (χ1v) is 53.9. The monoisotopic (exact) mass is 1840 g/mol. The van der Waals surface area contributed by atoms with Crippen LogP contribution in [0.25, 0.3) is 207 Å². The van der Waals surface area contributed by atoms with Crippen molar-refractivity contribution in [3.05, 3.63) is 372 Å². The molecule has 0 spiro atoms. The van der Waals surface area contributed by atoms with Crippen LogP contribution in [0.2, 0.25) is 0 Å². The Morgan fingerprint density at radius 3 is 0.964 bits per heavy atom. The van der Waals surface area contributed by atoms with E-state index in [4.69, 9.17) is 0 Å². The highest BCUT2D eigenvalue weighted by Gasteiger charge is 2.33. The van der Waals surface area contributed by atoms with Gasteiger partial charge in [-0.1, -0.05) is 463 Å². The molecule has 140 heavy (non-hydrogen) atoms. The fourth-order valence-electron chi connectivity index (χ4n) is 22.3. The topological polar surface area (TPSA) is 19.7 Å². The van der Waals surface area contributed by atoms with Crippen molar-refractivity contribution in [2.45, 2.75) is 246 Å². The molecule has 0 saturated carbocycles. The van der Waals surface area contributed by atoms with E-state index in [9.17, 15) is 0 Å². The summed E-state index contributed by atoms with van der Waals surface area (Å²) in [6, 6.07) is 121. The SMILES string of the molecule is CC.CC.CC.CC.CC.CC.CC.CC.CC.CC.CC.CC.CCn1c2c3ccccc3ccc2c2c3c(c4ccccc4c21)-c1ccccc1C3.CCn1c2cc3ccccc3cc2c2c3c(c4ccccc4c21)-c1ccccc1C3.CCn1c2ccc3ccccc3c2c2c3c(c4ccccc4c21)-c1ccccc1C3.CCn1c2ccccc2c2c3c(ccc21)-c1c(ccc2ccccc12)C3. The van der Waals surface area contributed by atoms with E-state index in [2.05, 4.69) is 374 Å². The van der Waals surface area contributed by atoms with E-state index < -0.39 is 0 Å². The number of hydrogen-bond acceptors (Lipinski definition) is 0. The van der Waals surface area contributed by atoms with Crippen molar-refractivity contribution >= 4 is 163 Å². The van der Waals surface area contributed by atoms with Crippen LogP contribution in [0.5, 0.6) is 0 Å². The molecule has 4 nitrogen and oxygen atoms in total. The van der Waals surface area contributed by atoms with Gasteiger partial charge in [0.1, 0.15) is 0 Å². The van der Waals surface area contributed by atoms with Crippen LogP contribution in [0.15, 0.2) is 328 Å². The second-order valence-corrected chi connectivity index (χ2v) is 32.4. The van der Waals surface area contributed by atoms with Crippen molar-refractivity contribution in [1.82, 2.24) is 18.3 Å². The number of nitrogens with zero attached hydrogens (tertiary/aromatic N) is 4. The molecule has 0 amide bonds. The Morgan fingerprint density at radius 2 is 0.486 bits per heavy atom. The molecule has 0 radical (unpaired) electrons. The van der Waals surface area contributed by atoms with E-state index in [1.807, 2.05) is 166 Å². The highest BCUT2D eigenvalue weighted by molar-refractivity contribution is 6.32. The molecular weight excluding hydrogens is 1690 g/mol. The third-order valence-corrected chi connectivity index (χ3v) is 26.9. The summed E-state index contributed by atoms with van der Waals surface area (Å²) in [6.45, 7) is 60.9. The highest BCUT2D eigenvalue weighted by Crippen LogP contribution is 2.55. The van der Waals surface area contributed by atoms with Crippen LogP contribution in [-0.4, -0.2) is 18.3 Å². The fourth-order valence-corrected chi connectivity index (χ4v) is 22.3. The number of fused-ring (bicyclic) bond motifs is 44. The molecule has 4 aliphatic carbocycles. The van der Waals surface area contributed by atoms with Crippen molar-refractivity contribution in [1.29, 1.82) is 0 Å². The van der Waals surface area contributed by atoms with Gasteiger partial charge >= 0.3 is 0 Å². The second kappa shape index (κ2) is 49.2. The summed E-state index contributed by atoms with van der Waals surface area (Å²) in [6.07, 6.45) is 4.08. The van der Waals surface area contributed by atoms with Gasteiger partial charge in [-0.2, -0.15) is 0 Å². The number of hydrogen-bond donors (Lipinski definition) is 0. The molecule has 4 heteroatoms. The van der Waals surface area contributed by atoms with Gasteiger partial charge in [0, 0.05) is 113 Å². The first kappa shape index (κ1) is 105. The van der Waals surface area contributed by atoms with Crippen molar-refractivity contribution in [2.24, 2.45) is 0 Å². The molecule has 4 heterocycles. The van der Waals surface area contributed by atoms with Gasteiger partial charge in [0.2, 0.25) is 0 Å². The zero-order valence-electron chi connectivity index (χ0n) is 89.6. The molecule has 19 aromatic carbocycles. The number of benzene rings is 19. The minimum atomic E-state index is 0.962. The summed E-state index contributed by atoms with van der Waals surface area (Å²) in [5, 5.41) is 30.3. The summed E-state index contributed by atoms with van der Waals surface area (Å²) < 4.78 is 10.1. The minimum absolute atomic E-state index is 0.962. The molecule has 4 aliphatic rings. The summed E-state index contributed by atoms with van der Waals surface area (Å²) in [5.74, 6) is 0. The molecule has 4 aromatic heterocycles. The molecule has 0 bridgehead atoms. The van der Waals surface area contributed by atoms with Crippen LogP contribution >= 0.6 is 0 Å². The van der Waals surface area contributed by atoms with Crippen molar-refractivity contribution in [3.63, 3.8) is 0 Å². The first-order valence-electron chi connectivity index (χ1n) is 53.9. The van der Waals surface area contributed by atoms with Crippen LogP contribution in [0.3, 0.4) is 0 Å². The molecule has 0 unspecified atom stereocenters. The first-order chi connectivity index (χ1) is 69.4. The van der Waals surface area contributed by atoms with Gasteiger partial charge in [0.05, 0.1) is 22.1 Å². The van der Waals surface area contributed by atoms with Gasteiger partial charge in [-0.05, 0) is 227 Å². The van der Waals surface area contributed by atoms with E-state index in [0.29, 0.717) is 0 Å². The van der Waals surface area contributed by atoms with Crippen LogP contribution < -0.4 is 0 Å². The maximum Gasteiger partial charge on any atom is 0.0574 e. The summed E-state index contributed by atoms with van der Waals surface area (Å²) in [5.41, 5.74) is 34.2. The van der Waals surface area contributed by atoms with Gasteiger partial charge in [-0.3, -0.25) is 0 Å². The zero-order valence-corrected chi connectivity index (χ0v) is 89.6. The third kappa shape index (κ3) is 18.0. The molecule has 0 N–H and O–H groups in total. The number of para-hydroxylation sites is 1. The Labute approximate surface area is 837 Å². The highest BCUT2D eigenvalue weighted by atomic mass is 15.0.